The normalized spacial score (nSPS) is 16.4. The van der Waals surface area contributed by atoms with Crippen LogP contribution in [0.25, 0.3) is 11.3 Å². The molecule has 0 saturated carbocycles. The Morgan fingerprint density at radius 1 is 1.26 bits per heavy atom. The lowest BCUT2D eigenvalue weighted by Gasteiger charge is -2.09. The van der Waals surface area contributed by atoms with Crippen LogP contribution in [0, 0.1) is 6.92 Å². The summed E-state index contributed by atoms with van der Waals surface area (Å²) in [4.78, 5) is 12.7. The summed E-state index contributed by atoms with van der Waals surface area (Å²) in [7, 11) is 0. The number of benzene rings is 2. The highest BCUT2D eigenvalue weighted by Gasteiger charge is 2.16. The molecule has 1 amide bonds. The molecule has 2 heterocycles. The standard InChI is InChI=1S/C21H23N5O/c1-15-9-10-16(12-19(15)21(27)23-17-6-3-2-4-7-17)20-14-26(25-24-20)13-18-8-5-11-22-18/h2-4,6-7,9-10,12,14,18,22H,5,8,11,13H2,1H3,(H,23,27)/t18-/m1/s1. The highest BCUT2D eigenvalue weighted by molar-refractivity contribution is 6.05. The Bertz CT molecular complexity index is 929. The fourth-order valence-corrected chi connectivity index (χ4v) is 3.40. The molecular formula is C21H23N5O. The van der Waals surface area contributed by atoms with E-state index in [-0.39, 0.29) is 5.91 Å². The van der Waals surface area contributed by atoms with Gasteiger partial charge in [-0.1, -0.05) is 35.5 Å². The Morgan fingerprint density at radius 3 is 2.89 bits per heavy atom. The molecule has 1 fully saturated rings. The molecule has 6 nitrogen and oxygen atoms in total. The topological polar surface area (TPSA) is 71.8 Å². The molecule has 1 saturated heterocycles. The van der Waals surface area contributed by atoms with Crippen molar-refractivity contribution in [2.75, 3.05) is 11.9 Å². The number of hydrogen-bond donors (Lipinski definition) is 2. The first-order valence-electron chi connectivity index (χ1n) is 9.30. The number of carbonyl (C=O) groups excluding carboxylic acids is 1. The zero-order valence-corrected chi connectivity index (χ0v) is 15.4. The molecule has 0 aliphatic carbocycles. The van der Waals surface area contributed by atoms with Crippen LogP contribution >= 0.6 is 0 Å². The number of anilines is 1. The molecule has 1 atom stereocenters. The second kappa shape index (κ2) is 7.72. The number of nitrogens with zero attached hydrogens (tertiary/aromatic N) is 3. The van der Waals surface area contributed by atoms with Gasteiger partial charge in [-0.25, -0.2) is 0 Å². The summed E-state index contributed by atoms with van der Waals surface area (Å²) in [5, 5.41) is 15.0. The molecule has 1 aliphatic heterocycles. The number of aromatic nitrogens is 3. The van der Waals surface area contributed by atoms with E-state index < -0.39 is 0 Å². The van der Waals surface area contributed by atoms with E-state index in [4.69, 9.17) is 0 Å². The van der Waals surface area contributed by atoms with Crippen LogP contribution in [0.5, 0.6) is 0 Å². The van der Waals surface area contributed by atoms with Gasteiger partial charge in [0.05, 0.1) is 12.7 Å². The summed E-state index contributed by atoms with van der Waals surface area (Å²) < 4.78 is 1.88. The molecule has 27 heavy (non-hydrogen) atoms. The van der Waals surface area contributed by atoms with Crippen molar-refractivity contribution in [2.24, 2.45) is 0 Å². The number of rotatable bonds is 5. The maximum atomic E-state index is 12.7. The van der Waals surface area contributed by atoms with Crippen LogP contribution < -0.4 is 10.6 Å². The third-order valence-corrected chi connectivity index (χ3v) is 4.92. The molecular weight excluding hydrogens is 338 g/mol. The molecule has 1 aromatic heterocycles. The molecule has 1 aliphatic rings. The van der Waals surface area contributed by atoms with Crippen molar-refractivity contribution in [3.8, 4) is 11.3 Å². The average molecular weight is 361 g/mol. The van der Waals surface area contributed by atoms with Crippen LogP contribution in [-0.2, 0) is 6.54 Å². The average Bonchev–Trinajstić information content (AvgIpc) is 3.35. The molecule has 3 aromatic rings. The second-order valence-corrected chi connectivity index (χ2v) is 6.97. The quantitative estimate of drug-likeness (QED) is 0.732. The minimum Gasteiger partial charge on any atom is -0.322 e. The molecule has 0 unspecified atom stereocenters. The van der Waals surface area contributed by atoms with E-state index in [2.05, 4.69) is 20.9 Å². The molecule has 0 bridgehead atoms. The van der Waals surface area contributed by atoms with E-state index in [0.29, 0.717) is 11.6 Å². The number of carbonyl (C=O) groups is 1. The highest BCUT2D eigenvalue weighted by atomic mass is 16.1. The van der Waals surface area contributed by atoms with Crippen molar-refractivity contribution >= 4 is 11.6 Å². The lowest BCUT2D eigenvalue weighted by molar-refractivity contribution is 0.102. The van der Waals surface area contributed by atoms with E-state index in [1.54, 1.807) is 0 Å². The van der Waals surface area contributed by atoms with Crippen LogP contribution in [0.4, 0.5) is 5.69 Å². The van der Waals surface area contributed by atoms with Gasteiger partial charge in [0.15, 0.2) is 0 Å². The highest BCUT2D eigenvalue weighted by Crippen LogP contribution is 2.22. The van der Waals surface area contributed by atoms with Gasteiger partial charge in [0.2, 0.25) is 0 Å². The Kier molecular flexibility index (Phi) is 4.98. The van der Waals surface area contributed by atoms with Gasteiger partial charge in [0.25, 0.3) is 5.91 Å². The summed E-state index contributed by atoms with van der Waals surface area (Å²) >= 11 is 0. The summed E-state index contributed by atoms with van der Waals surface area (Å²) in [6, 6.07) is 15.8. The van der Waals surface area contributed by atoms with Gasteiger partial charge in [-0.3, -0.25) is 9.48 Å². The fourth-order valence-electron chi connectivity index (χ4n) is 3.40. The number of hydrogen-bond acceptors (Lipinski definition) is 4. The van der Waals surface area contributed by atoms with E-state index in [0.717, 1.165) is 35.6 Å². The van der Waals surface area contributed by atoms with Gasteiger partial charge in [-0.15, -0.1) is 5.10 Å². The number of amides is 1. The summed E-state index contributed by atoms with van der Waals surface area (Å²) in [6.45, 7) is 3.83. The van der Waals surface area contributed by atoms with Crippen molar-refractivity contribution in [3.63, 3.8) is 0 Å². The van der Waals surface area contributed by atoms with E-state index in [9.17, 15) is 4.79 Å². The second-order valence-electron chi connectivity index (χ2n) is 6.97. The third kappa shape index (κ3) is 4.06. The van der Waals surface area contributed by atoms with E-state index >= 15 is 0 Å². The molecule has 138 valence electrons. The van der Waals surface area contributed by atoms with E-state index in [1.807, 2.05) is 66.3 Å². The SMILES string of the molecule is Cc1ccc(-c2cn(C[C@H]3CCCN3)nn2)cc1C(=O)Nc1ccccc1. The maximum Gasteiger partial charge on any atom is 0.255 e. The first kappa shape index (κ1) is 17.4. The predicted octanol–water partition coefficient (Wildman–Crippen LogP) is 3.26. The largest absolute Gasteiger partial charge is 0.322 e. The fraction of sp³-hybridized carbons (Fsp3) is 0.286. The van der Waals surface area contributed by atoms with Gasteiger partial charge < -0.3 is 10.6 Å². The van der Waals surface area contributed by atoms with Crippen LogP contribution in [0.2, 0.25) is 0 Å². The summed E-state index contributed by atoms with van der Waals surface area (Å²) in [5.41, 5.74) is 4.02. The van der Waals surface area contributed by atoms with Crippen molar-refractivity contribution in [3.05, 3.63) is 65.9 Å². The first-order chi connectivity index (χ1) is 13.2. The zero-order chi connectivity index (χ0) is 18.6. The van der Waals surface area contributed by atoms with Gasteiger partial charge in [-0.05, 0) is 50.1 Å². The molecule has 0 radical (unpaired) electrons. The smallest absolute Gasteiger partial charge is 0.255 e. The van der Waals surface area contributed by atoms with Gasteiger partial charge in [0.1, 0.15) is 5.69 Å². The van der Waals surface area contributed by atoms with Gasteiger partial charge in [0, 0.05) is 22.9 Å². The van der Waals surface area contributed by atoms with Crippen molar-refractivity contribution in [2.45, 2.75) is 32.4 Å². The zero-order valence-electron chi connectivity index (χ0n) is 15.4. The monoisotopic (exact) mass is 361 g/mol. The van der Waals surface area contributed by atoms with Crippen LogP contribution in [-0.4, -0.2) is 33.5 Å². The lowest BCUT2D eigenvalue weighted by Crippen LogP contribution is -2.26. The third-order valence-electron chi connectivity index (χ3n) is 4.92. The first-order valence-corrected chi connectivity index (χ1v) is 9.30. The minimum absolute atomic E-state index is 0.122. The Morgan fingerprint density at radius 2 is 2.11 bits per heavy atom. The van der Waals surface area contributed by atoms with Crippen molar-refractivity contribution < 1.29 is 4.79 Å². The van der Waals surface area contributed by atoms with Crippen molar-refractivity contribution in [1.29, 1.82) is 0 Å². The Labute approximate surface area is 158 Å². The summed E-state index contributed by atoms with van der Waals surface area (Å²) in [6.07, 6.45) is 4.33. The number of nitrogens with one attached hydrogen (secondary N) is 2. The van der Waals surface area contributed by atoms with Crippen LogP contribution in [0.1, 0.15) is 28.8 Å². The number of para-hydroxylation sites is 1. The molecule has 4 rings (SSSR count). The molecule has 0 spiro atoms. The van der Waals surface area contributed by atoms with Gasteiger partial charge in [-0.2, -0.15) is 0 Å². The van der Waals surface area contributed by atoms with Crippen molar-refractivity contribution in [1.82, 2.24) is 20.3 Å². The lowest BCUT2D eigenvalue weighted by atomic mass is 10.0. The number of aryl methyl sites for hydroxylation is 1. The van der Waals surface area contributed by atoms with Crippen LogP contribution in [0.15, 0.2) is 54.7 Å². The minimum atomic E-state index is -0.122. The predicted molar refractivity (Wildman–Crippen MR) is 106 cm³/mol. The van der Waals surface area contributed by atoms with E-state index in [1.165, 1.54) is 12.8 Å². The Balaban J connectivity index is 1.53. The summed E-state index contributed by atoms with van der Waals surface area (Å²) in [5.74, 6) is -0.122. The molecule has 6 heteroatoms. The molecule has 2 N–H and O–H groups in total. The Hall–Kier alpha value is -2.99. The maximum absolute atomic E-state index is 12.7. The van der Waals surface area contributed by atoms with Crippen LogP contribution in [0.3, 0.4) is 0 Å². The van der Waals surface area contributed by atoms with Gasteiger partial charge >= 0.3 is 0 Å². The molecule has 2 aromatic carbocycles.